The van der Waals surface area contributed by atoms with Crippen molar-refractivity contribution in [3.63, 3.8) is 0 Å². The average Bonchev–Trinajstić information content (AvgIpc) is 2.90. The molecule has 2 aromatic heterocycles. The maximum atomic E-state index is 13.6. The molecule has 0 atom stereocenters. The van der Waals surface area contributed by atoms with Crippen molar-refractivity contribution in [3.05, 3.63) is 65.2 Å². The van der Waals surface area contributed by atoms with E-state index < -0.39 is 29.3 Å². The summed E-state index contributed by atoms with van der Waals surface area (Å²) in [6, 6.07) is 3.81. The van der Waals surface area contributed by atoms with Crippen molar-refractivity contribution in [2.45, 2.75) is 18.9 Å². The lowest BCUT2D eigenvalue weighted by molar-refractivity contribution is -0.143. The van der Waals surface area contributed by atoms with Gasteiger partial charge in [-0.2, -0.15) is 26.3 Å². The molecule has 9 heteroatoms. The Kier molecular flexibility index (Phi) is 3.97. The largest absolute Gasteiger partial charge is 0.416 e. The number of nitrogens with zero attached hydrogens (tertiary/aromatic N) is 2. The molecular formula is C16H9F7N2. The number of rotatable bonds is 2. The number of hydrogen-bond acceptors (Lipinski definition) is 1. The summed E-state index contributed by atoms with van der Waals surface area (Å²) in [6.07, 6.45) is -7.31. The smallest absolute Gasteiger partial charge is 0.328 e. The van der Waals surface area contributed by atoms with E-state index in [4.69, 9.17) is 0 Å². The van der Waals surface area contributed by atoms with E-state index in [0.717, 1.165) is 6.07 Å². The molecule has 0 amide bonds. The molecule has 0 unspecified atom stereocenters. The van der Waals surface area contributed by atoms with Crippen molar-refractivity contribution in [2.24, 2.45) is 0 Å². The van der Waals surface area contributed by atoms with Crippen LogP contribution in [0.4, 0.5) is 30.7 Å². The summed E-state index contributed by atoms with van der Waals surface area (Å²) >= 11 is 0. The van der Waals surface area contributed by atoms with Gasteiger partial charge < -0.3 is 4.57 Å². The van der Waals surface area contributed by atoms with Crippen molar-refractivity contribution < 1.29 is 30.7 Å². The first-order chi connectivity index (χ1) is 11.6. The fourth-order valence-electron chi connectivity index (χ4n) is 2.49. The summed E-state index contributed by atoms with van der Waals surface area (Å²) in [4.78, 5) is 3.92. The molecule has 0 radical (unpaired) electrons. The highest BCUT2D eigenvalue weighted by molar-refractivity contribution is 5.76. The Morgan fingerprint density at radius 3 is 2.04 bits per heavy atom. The first-order valence-electron chi connectivity index (χ1n) is 6.93. The van der Waals surface area contributed by atoms with Crippen LogP contribution in [-0.2, 0) is 18.9 Å². The van der Waals surface area contributed by atoms with E-state index in [1.165, 1.54) is 23.0 Å². The van der Waals surface area contributed by atoms with Gasteiger partial charge >= 0.3 is 12.4 Å². The highest BCUT2D eigenvalue weighted by Gasteiger charge is 2.36. The first kappa shape index (κ1) is 17.2. The van der Waals surface area contributed by atoms with Crippen molar-refractivity contribution in [2.75, 3.05) is 0 Å². The van der Waals surface area contributed by atoms with E-state index >= 15 is 0 Å². The standard InChI is InChI=1S/C16H9F7N2/c17-13-1-3-24-14-12(13)2-4-25(14)8-9-5-10(15(18,19)20)7-11(6-9)16(21,22)23/h1-7H,8H2. The molecule has 1 aromatic carbocycles. The maximum Gasteiger partial charge on any atom is 0.416 e. The minimum absolute atomic E-state index is 0.0647. The Labute approximate surface area is 136 Å². The molecular weight excluding hydrogens is 353 g/mol. The molecule has 0 spiro atoms. The quantitative estimate of drug-likeness (QED) is 0.569. The number of alkyl halides is 6. The maximum absolute atomic E-state index is 13.6. The second-order valence-electron chi connectivity index (χ2n) is 5.39. The number of pyridine rings is 1. The molecule has 0 saturated heterocycles. The number of benzene rings is 1. The predicted octanol–water partition coefficient (Wildman–Crippen LogP) is 5.26. The molecule has 2 nitrogen and oxygen atoms in total. The average molecular weight is 362 g/mol. The molecule has 0 saturated carbocycles. The Morgan fingerprint density at radius 1 is 0.880 bits per heavy atom. The van der Waals surface area contributed by atoms with Crippen LogP contribution in [0.25, 0.3) is 11.0 Å². The number of aromatic nitrogens is 2. The van der Waals surface area contributed by atoms with Gasteiger partial charge in [-0.15, -0.1) is 0 Å². The second kappa shape index (κ2) is 5.75. The zero-order valence-electron chi connectivity index (χ0n) is 12.3. The monoisotopic (exact) mass is 362 g/mol. The summed E-state index contributed by atoms with van der Waals surface area (Å²) in [5.41, 5.74) is -2.88. The normalized spacial score (nSPS) is 12.8. The number of fused-ring (bicyclic) bond motifs is 1. The Hall–Kier alpha value is -2.58. The van der Waals surface area contributed by atoms with Gasteiger partial charge in [-0.05, 0) is 35.9 Å². The van der Waals surface area contributed by atoms with Crippen molar-refractivity contribution in [3.8, 4) is 0 Å². The molecule has 132 valence electrons. The summed E-state index contributed by atoms with van der Waals surface area (Å²) in [5.74, 6) is -0.580. The van der Waals surface area contributed by atoms with Gasteiger partial charge in [0.2, 0.25) is 0 Å². The van der Waals surface area contributed by atoms with Crippen LogP contribution in [0.5, 0.6) is 0 Å². The molecule has 25 heavy (non-hydrogen) atoms. The lowest BCUT2D eigenvalue weighted by atomic mass is 10.0. The molecule has 2 heterocycles. The lowest BCUT2D eigenvalue weighted by Crippen LogP contribution is -2.12. The Bertz CT molecular complexity index is 890. The van der Waals surface area contributed by atoms with Gasteiger partial charge in [-0.1, -0.05) is 0 Å². The number of hydrogen-bond donors (Lipinski definition) is 0. The van der Waals surface area contributed by atoms with Gasteiger partial charge in [0.15, 0.2) is 0 Å². The SMILES string of the molecule is Fc1ccnc2c1ccn2Cc1cc(C(F)(F)F)cc(C(F)(F)F)c1. The molecule has 3 rings (SSSR count). The first-order valence-corrected chi connectivity index (χ1v) is 6.93. The minimum Gasteiger partial charge on any atom is -0.328 e. The van der Waals surface area contributed by atoms with Crippen molar-refractivity contribution in [1.29, 1.82) is 0 Å². The van der Waals surface area contributed by atoms with Crippen LogP contribution in [0.2, 0.25) is 0 Å². The van der Waals surface area contributed by atoms with E-state index in [2.05, 4.69) is 4.98 Å². The van der Waals surface area contributed by atoms with Gasteiger partial charge in [0.1, 0.15) is 11.5 Å². The van der Waals surface area contributed by atoms with Gasteiger partial charge in [0.25, 0.3) is 0 Å². The molecule has 3 aromatic rings. The minimum atomic E-state index is -4.92. The van der Waals surface area contributed by atoms with Crippen LogP contribution in [0.15, 0.2) is 42.7 Å². The number of halogens is 7. The van der Waals surface area contributed by atoms with Crippen LogP contribution >= 0.6 is 0 Å². The summed E-state index contributed by atoms with van der Waals surface area (Å²) in [6.45, 7) is -0.313. The Morgan fingerprint density at radius 2 is 1.48 bits per heavy atom. The molecule has 0 N–H and O–H groups in total. The third-order valence-corrected chi connectivity index (χ3v) is 3.61. The highest BCUT2D eigenvalue weighted by Crippen LogP contribution is 2.36. The second-order valence-corrected chi connectivity index (χ2v) is 5.39. The van der Waals surface area contributed by atoms with Crippen molar-refractivity contribution >= 4 is 11.0 Å². The topological polar surface area (TPSA) is 17.8 Å². The molecule has 0 aliphatic rings. The highest BCUT2D eigenvalue weighted by atomic mass is 19.4. The third kappa shape index (κ3) is 3.45. The summed E-state index contributed by atoms with van der Waals surface area (Å²) < 4.78 is 92.2. The van der Waals surface area contributed by atoms with Crippen LogP contribution in [0.1, 0.15) is 16.7 Å². The van der Waals surface area contributed by atoms with Crippen molar-refractivity contribution in [1.82, 2.24) is 9.55 Å². The van der Waals surface area contributed by atoms with Crippen LogP contribution in [0, 0.1) is 5.82 Å². The predicted molar refractivity (Wildman–Crippen MR) is 75.2 cm³/mol. The third-order valence-electron chi connectivity index (χ3n) is 3.61. The zero-order chi connectivity index (χ0) is 18.4. The fourth-order valence-corrected chi connectivity index (χ4v) is 2.49. The molecule has 0 aliphatic heterocycles. The van der Waals surface area contributed by atoms with Gasteiger partial charge in [-0.25, -0.2) is 9.37 Å². The Balaban J connectivity index is 2.08. The fraction of sp³-hybridized carbons (Fsp3) is 0.188. The van der Waals surface area contributed by atoms with E-state index in [-0.39, 0.29) is 29.2 Å². The lowest BCUT2D eigenvalue weighted by Gasteiger charge is -2.14. The molecule has 0 bridgehead atoms. The van der Waals surface area contributed by atoms with Crippen LogP contribution < -0.4 is 0 Å². The van der Waals surface area contributed by atoms with Gasteiger partial charge in [-0.3, -0.25) is 0 Å². The van der Waals surface area contributed by atoms with Gasteiger partial charge in [0, 0.05) is 18.9 Å². The van der Waals surface area contributed by atoms with E-state index in [1.54, 1.807) is 0 Å². The van der Waals surface area contributed by atoms with E-state index in [9.17, 15) is 30.7 Å². The molecule has 0 fully saturated rings. The van der Waals surface area contributed by atoms with Crippen LogP contribution in [-0.4, -0.2) is 9.55 Å². The zero-order valence-corrected chi connectivity index (χ0v) is 12.3. The molecule has 0 aliphatic carbocycles. The van der Waals surface area contributed by atoms with E-state index in [0.29, 0.717) is 12.1 Å². The van der Waals surface area contributed by atoms with Crippen LogP contribution in [0.3, 0.4) is 0 Å². The summed E-state index contributed by atoms with van der Waals surface area (Å²) in [5, 5.41) is 0.130. The van der Waals surface area contributed by atoms with E-state index in [1.807, 2.05) is 0 Å². The van der Waals surface area contributed by atoms with Gasteiger partial charge in [0.05, 0.1) is 16.5 Å². The summed E-state index contributed by atoms with van der Waals surface area (Å²) in [7, 11) is 0.